The number of aromatic carboxylic acids is 1. The Balaban J connectivity index is 2.19. The lowest BCUT2D eigenvalue weighted by Gasteiger charge is -1.96. The highest BCUT2D eigenvalue weighted by Gasteiger charge is 2.12. The molecule has 0 fully saturated rings. The fraction of sp³-hybridized carbons (Fsp3) is 0. The number of rotatable bonds is 2. The molecule has 0 bridgehead atoms. The van der Waals surface area contributed by atoms with Crippen LogP contribution in [0.4, 0.5) is 0 Å². The number of para-hydroxylation sites is 1. The molecule has 2 heterocycles. The highest BCUT2D eigenvalue weighted by molar-refractivity contribution is 5.93. The van der Waals surface area contributed by atoms with Crippen LogP contribution in [0, 0.1) is 0 Å². The quantitative estimate of drug-likeness (QED) is 0.621. The zero-order valence-electron chi connectivity index (χ0n) is 8.64. The molecule has 0 spiro atoms. The van der Waals surface area contributed by atoms with Crippen molar-refractivity contribution >= 4 is 17.0 Å². The van der Waals surface area contributed by atoms with Crippen LogP contribution in [0.3, 0.4) is 0 Å². The largest absolute Gasteiger partial charge is 0.477 e. The normalized spacial score (nSPS) is 10.8. The molecular weight excluding hydrogens is 220 g/mol. The maximum atomic E-state index is 10.8. The Morgan fingerprint density at radius 2 is 2.24 bits per heavy atom. The molecule has 0 saturated heterocycles. The van der Waals surface area contributed by atoms with Gasteiger partial charge >= 0.3 is 5.97 Å². The van der Waals surface area contributed by atoms with E-state index in [0.717, 1.165) is 16.6 Å². The average molecular weight is 228 g/mol. The lowest BCUT2D eigenvalue weighted by Crippen LogP contribution is -1.95. The Hall–Kier alpha value is -2.63. The standard InChI is InChI=1S/C11H8N4O2/c16-11(17)9-4-8(14-15-9)6-2-1-3-7-10(6)13-5-12-7/h1-5H,(H,12,13)(H,14,15)(H,16,17). The molecule has 1 aromatic carbocycles. The predicted molar refractivity (Wildman–Crippen MR) is 60.6 cm³/mol. The van der Waals surface area contributed by atoms with E-state index in [1.165, 1.54) is 6.07 Å². The molecule has 0 aliphatic carbocycles. The van der Waals surface area contributed by atoms with Gasteiger partial charge in [0.15, 0.2) is 0 Å². The van der Waals surface area contributed by atoms with Crippen molar-refractivity contribution in [2.75, 3.05) is 0 Å². The number of hydrogen-bond donors (Lipinski definition) is 3. The van der Waals surface area contributed by atoms with Gasteiger partial charge < -0.3 is 10.1 Å². The summed E-state index contributed by atoms with van der Waals surface area (Å²) in [5.74, 6) is -1.03. The third kappa shape index (κ3) is 1.46. The van der Waals surface area contributed by atoms with E-state index in [0.29, 0.717) is 5.69 Å². The molecule has 3 rings (SSSR count). The number of nitrogens with zero attached hydrogens (tertiary/aromatic N) is 2. The Bertz CT molecular complexity index is 698. The van der Waals surface area contributed by atoms with E-state index >= 15 is 0 Å². The molecule has 0 atom stereocenters. The molecule has 3 N–H and O–H groups in total. The number of H-pyrrole nitrogens is 2. The first-order valence-corrected chi connectivity index (χ1v) is 4.97. The van der Waals surface area contributed by atoms with E-state index in [4.69, 9.17) is 5.11 Å². The molecule has 2 aromatic heterocycles. The van der Waals surface area contributed by atoms with Crippen molar-refractivity contribution in [2.45, 2.75) is 0 Å². The van der Waals surface area contributed by atoms with Gasteiger partial charge in [0, 0.05) is 5.56 Å². The molecule has 3 aromatic rings. The van der Waals surface area contributed by atoms with Crippen LogP contribution in [0.5, 0.6) is 0 Å². The second-order valence-corrected chi connectivity index (χ2v) is 3.58. The number of imidazole rings is 1. The van der Waals surface area contributed by atoms with Crippen LogP contribution in [0.1, 0.15) is 10.5 Å². The molecular formula is C11H8N4O2. The third-order valence-electron chi connectivity index (χ3n) is 2.53. The number of aromatic amines is 2. The Labute approximate surface area is 95.3 Å². The van der Waals surface area contributed by atoms with E-state index < -0.39 is 5.97 Å². The minimum absolute atomic E-state index is 0.0625. The van der Waals surface area contributed by atoms with Gasteiger partial charge in [-0.3, -0.25) is 5.10 Å². The number of carboxylic acids is 1. The van der Waals surface area contributed by atoms with Crippen molar-refractivity contribution in [3.8, 4) is 11.3 Å². The first-order valence-electron chi connectivity index (χ1n) is 4.97. The van der Waals surface area contributed by atoms with Crippen LogP contribution in [0.25, 0.3) is 22.3 Å². The highest BCUT2D eigenvalue weighted by atomic mass is 16.4. The molecule has 6 nitrogen and oxygen atoms in total. The number of aromatic nitrogens is 4. The lowest BCUT2D eigenvalue weighted by atomic mass is 10.1. The zero-order chi connectivity index (χ0) is 11.8. The molecule has 0 unspecified atom stereocenters. The summed E-state index contributed by atoms with van der Waals surface area (Å²) in [4.78, 5) is 18.0. The predicted octanol–water partition coefficient (Wildman–Crippen LogP) is 1.65. The van der Waals surface area contributed by atoms with Gasteiger partial charge in [0.25, 0.3) is 0 Å². The van der Waals surface area contributed by atoms with Crippen molar-refractivity contribution in [1.29, 1.82) is 0 Å². The van der Waals surface area contributed by atoms with Crippen molar-refractivity contribution < 1.29 is 9.90 Å². The Kier molecular flexibility index (Phi) is 1.94. The summed E-state index contributed by atoms with van der Waals surface area (Å²) in [6.45, 7) is 0. The van der Waals surface area contributed by atoms with E-state index in [1.54, 1.807) is 6.33 Å². The maximum Gasteiger partial charge on any atom is 0.353 e. The minimum atomic E-state index is -1.03. The second-order valence-electron chi connectivity index (χ2n) is 3.58. The number of carbonyl (C=O) groups is 1. The first-order chi connectivity index (χ1) is 8.25. The van der Waals surface area contributed by atoms with Crippen LogP contribution in [0.2, 0.25) is 0 Å². The van der Waals surface area contributed by atoms with Crippen molar-refractivity contribution in [2.24, 2.45) is 0 Å². The fourth-order valence-corrected chi connectivity index (χ4v) is 1.74. The number of nitrogens with one attached hydrogen (secondary N) is 2. The van der Waals surface area contributed by atoms with Gasteiger partial charge in [0.1, 0.15) is 5.69 Å². The number of hydrogen-bond acceptors (Lipinski definition) is 3. The van der Waals surface area contributed by atoms with E-state index in [1.807, 2.05) is 18.2 Å². The third-order valence-corrected chi connectivity index (χ3v) is 2.53. The van der Waals surface area contributed by atoms with Crippen LogP contribution in [-0.4, -0.2) is 31.2 Å². The minimum Gasteiger partial charge on any atom is -0.477 e. The van der Waals surface area contributed by atoms with Gasteiger partial charge in [-0.15, -0.1) is 0 Å². The molecule has 0 amide bonds. The van der Waals surface area contributed by atoms with Crippen LogP contribution >= 0.6 is 0 Å². The lowest BCUT2D eigenvalue weighted by molar-refractivity contribution is 0.0690. The smallest absolute Gasteiger partial charge is 0.353 e. The highest BCUT2D eigenvalue weighted by Crippen LogP contribution is 2.25. The molecule has 0 radical (unpaired) electrons. The van der Waals surface area contributed by atoms with Gasteiger partial charge in [-0.1, -0.05) is 12.1 Å². The summed E-state index contributed by atoms with van der Waals surface area (Å²) in [5.41, 5.74) is 3.10. The van der Waals surface area contributed by atoms with E-state index in [9.17, 15) is 4.79 Å². The number of carboxylic acid groups (broad SMARTS) is 1. The van der Waals surface area contributed by atoms with Crippen LogP contribution < -0.4 is 0 Å². The fourth-order valence-electron chi connectivity index (χ4n) is 1.74. The summed E-state index contributed by atoms with van der Waals surface area (Å²) in [5, 5.41) is 15.3. The number of fused-ring (bicyclic) bond motifs is 1. The van der Waals surface area contributed by atoms with Crippen LogP contribution in [-0.2, 0) is 0 Å². The maximum absolute atomic E-state index is 10.8. The SMILES string of the molecule is O=C(O)c1cc(-c2cccc3[nH]cnc23)n[nH]1. The second kappa shape index (κ2) is 3.44. The van der Waals surface area contributed by atoms with Crippen LogP contribution in [0.15, 0.2) is 30.6 Å². The molecule has 17 heavy (non-hydrogen) atoms. The summed E-state index contributed by atoms with van der Waals surface area (Å²) < 4.78 is 0. The van der Waals surface area contributed by atoms with Gasteiger partial charge in [-0.2, -0.15) is 5.10 Å². The molecule has 0 aliphatic rings. The van der Waals surface area contributed by atoms with Gasteiger partial charge in [-0.25, -0.2) is 9.78 Å². The monoisotopic (exact) mass is 228 g/mol. The molecule has 84 valence electrons. The molecule has 0 saturated carbocycles. The van der Waals surface area contributed by atoms with E-state index in [2.05, 4.69) is 20.2 Å². The molecule has 0 aliphatic heterocycles. The summed E-state index contributed by atoms with van der Waals surface area (Å²) in [6.07, 6.45) is 1.60. The number of benzene rings is 1. The molecule has 6 heteroatoms. The van der Waals surface area contributed by atoms with Gasteiger partial charge in [-0.05, 0) is 12.1 Å². The topological polar surface area (TPSA) is 94.7 Å². The first kappa shape index (κ1) is 9.59. The summed E-state index contributed by atoms with van der Waals surface area (Å²) in [6, 6.07) is 7.11. The Morgan fingerprint density at radius 3 is 3.00 bits per heavy atom. The van der Waals surface area contributed by atoms with Crippen molar-refractivity contribution in [1.82, 2.24) is 20.2 Å². The summed E-state index contributed by atoms with van der Waals surface area (Å²) in [7, 11) is 0. The van der Waals surface area contributed by atoms with Gasteiger partial charge in [0.2, 0.25) is 0 Å². The van der Waals surface area contributed by atoms with E-state index in [-0.39, 0.29) is 5.69 Å². The summed E-state index contributed by atoms with van der Waals surface area (Å²) >= 11 is 0. The van der Waals surface area contributed by atoms with Crippen molar-refractivity contribution in [3.63, 3.8) is 0 Å². The average Bonchev–Trinajstić information content (AvgIpc) is 2.97. The zero-order valence-corrected chi connectivity index (χ0v) is 8.64. The van der Waals surface area contributed by atoms with Crippen molar-refractivity contribution in [3.05, 3.63) is 36.3 Å². The Morgan fingerprint density at radius 1 is 1.35 bits per heavy atom. The van der Waals surface area contributed by atoms with Gasteiger partial charge in [0.05, 0.1) is 23.1 Å².